The molecular weight excluding hydrogens is 588 g/mol. The Kier molecular flexibility index (Phi) is 6.39. The lowest BCUT2D eigenvalue weighted by Gasteiger charge is -2.62. The molecule has 2 heterocycles. The zero-order chi connectivity index (χ0) is 25.8. The van der Waals surface area contributed by atoms with Crippen molar-refractivity contribution in [2.24, 2.45) is 52.3 Å². The smallest absolute Gasteiger partial charge is 0.302 e. The highest BCUT2D eigenvalue weighted by molar-refractivity contribution is 9.10. The van der Waals surface area contributed by atoms with E-state index in [1.54, 1.807) is 0 Å². The van der Waals surface area contributed by atoms with Gasteiger partial charge in [0.15, 0.2) is 11.6 Å². The summed E-state index contributed by atoms with van der Waals surface area (Å²) < 4.78 is 19.0. The third-order valence-corrected chi connectivity index (χ3v) is 14.0. The minimum atomic E-state index is -0.618. The molecule has 5 nitrogen and oxygen atoms in total. The summed E-state index contributed by atoms with van der Waals surface area (Å²) in [5.74, 6) is 2.18. The van der Waals surface area contributed by atoms with Gasteiger partial charge in [0.05, 0.1) is 22.4 Å². The molecule has 2 saturated heterocycles. The lowest BCUT2D eigenvalue weighted by Crippen LogP contribution is -2.63. The minimum Gasteiger partial charge on any atom is -0.463 e. The molecule has 2 aliphatic heterocycles. The van der Waals surface area contributed by atoms with Crippen LogP contribution in [0.3, 0.4) is 0 Å². The monoisotopic (exact) mass is 628 g/mol. The van der Waals surface area contributed by atoms with E-state index in [1.807, 2.05) is 0 Å². The quantitative estimate of drug-likeness (QED) is 0.252. The van der Waals surface area contributed by atoms with Crippen molar-refractivity contribution in [1.82, 2.24) is 0 Å². The lowest BCUT2D eigenvalue weighted by molar-refractivity contribution is -0.266. The summed E-state index contributed by atoms with van der Waals surface area (Å²) in [5.41, 5.74) is -0.292. The molecule has 6 aliphatic rings. The molecule has 14 unspecified atom stereocenters. The van der Waals surface area contributed by atoms with Crippen LogP contribution in [0.2, 0.25) is 0 Å². The Bertz CT molecular complexity index is 943. The van der Waals surface area contributed by atoms with Crippen molar-refractivity contribution < 1.29 is 23.8 Å². The Morgan fingerprint density at radius 2 is 1.81 bits per heavy atom. The molecule has 14 atom stereocenters. The molecule has 6 fully saturated rings. The zero-order valence-corrected chi connectivity index (χ0v) is 25.5. The SMILES string of the molecule is CC(=O)OC1CCC2(C)C(CCC3C2C(Br)C(=O)C2(C)C3CC3OC4(OCC(C)CC4Br)C(C)C32)C1. The standard InChI is InChI=1S/C29H42Br2O5/c1-14-10-22(30)29(34-13-14)15(2)23-21(36-29)12-20-19-7-6-17-11-18(35-16(3)32)8-9-27(17,4)24(19)25(31)26(33)28(20,23)5/h14-15,17-25H,6-13H2,1-5H3. The summed E-state index contributed by atoms with van der Waals surface area (Å²) in [7, 11) is 0. The van der Waals surface area contributed by atoms with Crippen LogP contribution in [0, 0.1) is 52.3 Å². The predicted octanol–water partition coefficient (Wildman–Crippen LogP) is 6.29. The average molecular weight is 630 g/mol. The first-order valence-corrected chi connectivity index (χ1v) is 16.1. The number of Topliss-reactive ketones (excluding diaryl/α,β-unsaturated/α-hetero) is 1. The molecule has 0 aromatic carbocycles. The highest BCUT2D eigenvalue weighted by atomic mass is 79.9. The predicted molar refractivity (Wildman–Crippen MR) is 144 cm³/mol. The minimum absolute atomic E-state index is 0.0298. The molecule has 0 N–H and O–H groups in total. The number of hydrogen-bond acceptors (Lipinski definition) is 5. The highest BCUT2D eigenvalue weighted by Crippen LogP contribution is 2.71. The number of ketones is 1. The maximum Gasteiger partial charge on any atom is 0.302 e. The van der Waals surface area contributed by atoms with Gasteiger partial charge >= 0.3 is 5.97 Å². The molecule has 7 heteroatoms. The number of carbonyl (C=O) groups excluding carboxylic acids is 2. The van der Waals surface area contributed by atoms with Gasteiger partial charge in [-0.25, -0.2) is 0 Å². The fraction of sp³-hybridized carbons (Fsp3) is 0.931. The molecule has 0 radical (unpaired) electrons. The summed E-state index contributed by atoms with van der Waals surface area (Å²) in [6.45, 7) is 11.4. The van der Waals surface area contributed by atoms with Crippen LogP contribution in [0.4, 0.5) is 0 Å². The van der Waals surface area contributed by atoms with Crippen LogP contribution in [0.5, 0.6) is 0 Å². The van der Waals surface area contributed by atoms with E-state index >= 15 is 0 Å². The van der Waals surface area contributed by atoms with E-state index in [-0.39, 0.29) is 50.5 Å². The van der Waals surface area contributed by atoms with E-state index in [4.69, 9.17) is 14.2 Å². The lowest BCUT2D eigenvalue weighted by atomic mass is 9.44. The van der Waals surface area contributed by atoms with Gasteiger partial charge in [0.1, 0.15) is 6.10 Å². The number of rotatable bonds is 1. The van der Waals surface area contributed by atoms with Gasteiger partial charge in [-0.1, -0.05) is 59.6 Å². The van der Waals surface area contributed by atoms with Gasteiger partial charge in [0.2, 0.25) is 0 Å². The molecule has 6 rings (SSSR count). The molecule has 0 bridgehead atoms. The number of alkyl halides is 2. The van der Waals surface area contributed by atoms with Gasteiger partial charge in [0, 0.05) is 24.2 Å². The van der Waals surface area contributed by atoms with Gasteiger partial charge in [-0.15, -0.1) is 0 Å². The van der Waals surface area contributed by atoms with Crippen LogP contribution >= 0.6 is 31.9 Å². The Balaban J connectivity index is 1.29. The Morgan fingerprint density at radius 3 is 2.50 bits per heavy atom. The molecular formula is C29H42Br2O5. The maximum atomic E-state index is 14.5. The molecule has 0 amide bonds. The van der Waals surface area contributed by atoms with Crippen molar-refractivity contribution in [2.45, 2.75) is 107 Å². The van der Waals surface area contributed by atoms with Crippen LogP contribution in [-0.4, -0.2) is 46.0 Å². The van der Waals surface area contributed by atoms with Crippen molar-refractivity contribution in [3.63, 3.8) is 0 Å². The first-order valence-electron chi connectivity index (χ1n) is 14.2. The second-order valence-corrected chi connectivity index (χ2v) is 15.8. The molecule has 1 spiro atoms. The number of carbonyl (C=O) groups is 2. The van der Waals surface area contributed by atoms with Gasteiger partial charge in [0.25, 0.3) is 0 Å². The van der Waals surface area contributed by atoms with Gasteiger partial charge in [-0.05, 0) is 80.0 Å². The van der Waals surface area contributed by atoms with Crippen molar-refractivity contribution in [2.75, 3.05) is 6.61 Å². The molecule has 4 saturated carbocycles. The first-order chi connectivity index (χ1) is 16.9. The van der Waals surface area contributed by atoms with Crippen molar-refractivity contribution >= 4 is 43.6 Å². The Hall–Kier alpha value is 0.0200. The van der Waals surface area contributed by atoms with E-state index in [1.165, 1.54) is 6.92 Å². The normalized spacial score (nSPS) is 58.1. The number of esters is 1. The summed E-state index contributed by atoms with van der Waals surface area (Å²) in [6, 6.07) is 0. The highest BCUT2D eigenvalue weighted by Gasteiger charge is 2.74. The number of ether oxygens (including phenoxy) is 3. The average Bonchev–Trinajstić information content (AvgIpc) is 3.26. The van der Waals surface area contributed by atoms with E-state index in [0.29, 0.717) is 35.4 Å². The maximum absolute atomic E-state index is 14.5. The fourth-order valence-corrected chi connectivity index (χ4v) is 13.2. The van der Waals surface area contributed by atoms with Crippen LogP contribution < -0.4 is 0 Å². The van der Waals surface area contributed by atoms with Crippen LogP contribution in [-0.2, 0) is 23.8 Å². The van der Waals surface area contributed by atoms with E-state index in [2.05, 4.69) is 59.6 Å². The second kappa shape index (κ2) is 8.76. The van der Waals surface area contributed by atoms with Gasteiger partial charge in [-0.2, -0.15) is 0 Å². The first kappa shape index (κ1) is 26.3. The van der Waals surface area contributed by atoms with Crippen LogP contribution in [0.1, 0.15) is 79.6 Å². The molecule has 0 aromatic heterocycles. The summed E-state index contributed by atoms with van der Waals surface area (Å²) in [6.07, 6.45) is 7.30. The zero-order valence-electron chi connectivity index (χ0n) is 22.3. The molecule has 4 aliphatic carbocycles. The fourth-order valence-electron chi connectivity index (χ4n) is 10.4. The Morgan fingerprint density at radius 1 is 1.06 bits per heavy atom. The molecule has 202 valence electrons. The van der Waals surface area contributed by atoms with Crippen LogP contribution in [0.25, 0.3) is 0 Å². The largest absolute Gasteiger partial charge is 0.463 e. The van der Waals surface area contributed by atoms with Crippen molar-refractivity contribution in [1.29, 1.82) is 0 Å². The van der Waals surface area contributed by atoms with Crippen molar-refractivity contribution in [3.05, 3.63) is 0 Å². The van der Waals surface area contributed by atoms with Gasteiger partial charge in [-0.3, -0.25) is 9.59 Å². The number of halogens is 2. The number of hydrogen-bond donors (Lipinski definition) is 0. The van der Waals surface area contributed by atoms with E-state index in [0.717, 1.165) is 51.6 Å². The van der Waals surface area contributed by atoms with Gasteiger partial charge < -0.3 is 14.2 Å². The summed E-state index contributed by atoms with van der Waals surface area (Å²) >= 11 is 7.97. The van der Waals surface area contributed by atoms with Crippen molar-refractivity contribution in [3.8, 4) is 0 Å². The third-order valence-electron chi connectivity index (χ3n) is 12.0. The second-order valence-electron chi connectivity index (χ2n) is 13.7. The summed E-state index contributed by atoms with van der Waals surface area (Å²) in [5, 5.41) is 0. The van der Waals surface area contributed by atoms with E-state index < -0.39 is 5.79 Å². The third kappa shape index (κ3) is 3.43. The number of fused-ring (bicyclic) bond motifs is 7. The molecule has 0 aromatic rings. The molecule has 36 heavy (non-hydrogen) atoms. The van der Waals surface area contributed by atoms with E-state index in [9.17, 15) is 9.59 Å². The topological polar surface area (TPSA) is 61.8 Å². The summed E-state index contributed by atoms with van der Waals surface area (Å²) in [4.78, 5) is 26.1. The van der Waals surface area contributed by atoms with Crippen LogP contribution in [0.15, 0.2) is 0 Å². The Labute approximate surface area is 232 Å².